The van der Waals surface area contributed by atoms with E-state index in [0.717, 1.165) is 44.0 Å². The molecular weight excluding hydrogens is 254 g/mol. The quantitative estimate of drug-likeness (QED) is 0.921. The van der Waals surface area contributed by atoms with Crippen molar-refractivity contribution in [2.24, 2.45) is 0 Å². The first kappa shape index (κ1) is 14.7. The average molecular weight is 277 g/mol. The average Bonchev–Trinajstić information content (AvgIpc) is 2.47. The molecule has 2 rings (SSSR count). The molecule has 1 aliphatic rings. The van der Waals surface area contributed by atoms with Crippen molar-refractivity contribution in [1.82, 2.24) is 9.80 Å². The maximum absolute atomic E-state index is 12.3. The molecule has 0 bridgehead atoms. The molecule has 5 heteroatoms. The lowest BCUT2D eigenvalue weighted by molar-refractivity contribution is 0.151. The zero-order valence-corrected chi connectivity index (χ0v) is 12.5. The highest BCUT2D eigenvalue weighted by Gasteiger charge is 2.20. The molecule has 0 spiro atoms. The number of nitrogens with one attached hydrogen (secondary N) is 1. The number of likely N-dealkylation sites (N-methyl/N-ethyl adjacent to an activating group) is 1. The fourth-order valence-electron chi connectivity index (χ4n) is 2.38. The van der Waals surface area contributed by atoms with E-state index in [1.165, 1.54) is 0 Å². The summed E-state index contributed by atoms with van der Waals surface area (Å²) in [6.07, 6.45) is 0. The highest BCUT2D eigenvalue weighted by Crippen LogP contribution is 2.25. The molecule has 0 atom stereocenters. The molecule has 0 saturated carbocycles. The first-order valence-corrected chi connectivity index (χ1v) is 7.07. The van der Waals surface area contributed by atoms with Crippen LogP contribution in [-0.2, 0) is 0 Å². The van der Waals surface area contributed by atoms with Gasteiger partial charge in [0.15, 0.2) is 0 Å². The van der Waals surface area contributed by atoms with Crippen LogP contribution in [0, 0.1) is 6.92 Å². The molecule has 1 N–H and O–H groups in total. The lowest BCUT2D eigenvalue weighted by Crippen LogP contribution is -2.49. The van der Waals surface area contributed by atoms with Crippen LogP contribution < -0.4 is 10.1 Å². The molecule has 0 aromatic heterocycles. The Kier molecular flexibility index (Phi) is 4.84. The molecule has 20 heavy (non-hydrogen) atoms. The lowest BCUT2D eigenvalue weighted by atomic mass is 10.2. The number of ether oxygens (including phenoxy) is 1. The zero-order valence-electron chi connectivity index (χ0n) is 12.5. The van der Waals surface area contributed by atoms with Crippen LogP contribution >= 0.6 is 0 Å². The van der Waals surface area contributed by atoms with E-state index in [1.807, 2.05) is 30.0 Å². The molecule has 5 nitrogen and oxygen atoms in total. The van der Waals surface area contributed by atoms with Crippen LogP contribution in [0.1, 0.15) is 12.5 Å². The summed E-state index contributed by atoms with van der Waals surface area (Å²) in [6.45, 7) is 8.61. The minimum absolute atomic E-state index is 0.0512. The van der Waals surface area contributed by atoms with Gasteiger partial charge in [-0.1, -0.05) is 13.0 Å². The van der Waals surface area contributed by atoms with Gasteiger partial charge in [0.25, 0.3) is 0 Å². The van der Waals surface area contributed by atoms with Crippen molar-refractivity contribution < 1.29 is 9.53 Å². The molecule has 0 unspecified atom stereocenters. The van der Waals surface area contributed by atoms with E-state index in [1.54, 1.807) is 7.11 Å². The highest BCUT2D eigenvalue weighted by molar-refractivity contribution is 5.91. The fourth-order valence-corrected chi connectivity index (χ4v) is 2.38. The molecule has 110 valence electrons. The summed E-state index contributed by atoms with van der Waals surface area (Å²) < 4.78 is 5.28. The second-order valence-electron chi connectivity index (χ2n) is 5.06. The van der Waals surface area contributed by atoms with Crippen LogP contribution in [0.25, 0.3) is 0 Å². The van der Waals surface area contributed by atoms with Crippen molar-refractivity contribution in [3.8, 4) is 5.75 Å². The van der Waals surface area contributed by atoms with E-state index in [0.29, 0.717) is 5.75 Å². The van der Waals surface area contributed by atoms with Crippen LogP contribution in [0.2, 0.25) is 0 Å². The number of amides is 2. The number of hydrogen-bond donors (Lipinski definition) is 1. The third-order valence-corrected chi connectivity index (χ3v) is 3.70. The molecular formula is C15H23N3O2. The minimum Gasteiger partial charge on any atom is -0.495 e. The van der Waals surface area contributed by atoms with Gasteiger partial charge in [0.1, 0.15) is 5.75 Å². The third kappa shape index (κ3) is 3.42. The Hall–Kier alpha value is -1.75. The second kappa shape index (κ2) is 6.61. The summed E-state index contributed by atoms with van der Waals surface area (Å²) in [5, 5.41) is 2.95. The Morgan fingerprint density at radius 1 is 1.30 bits per heavy atom. The van der Waals surface area contributed by atoms with Crippen molar-refractivity contribution >= 4 is 11.7 Å². The second-order valence-corrected chi connectivity index (χ2v) is 5.06. The summed E-state index contributed by atoms with van der Waals surface area (Å²) in [5.41, 5.74) is 1.83. The van der Waals surface area contributed by atoms with Gasteiger partial charge in [-0.3, -0.25) is 0 Å². The van der Waals surface area contributed by atoms with Crippen molar-refractivity contribution in [1.29, 1.82) is 0 Å². The molecule has 1 aromatic rings. The number of anilines is 1. The number of piperazine rings is 1. The van der Waals surface area contributed by atoms with Gasteiger partial charge < -0.3 is 19.9 Å². The standard InChI is InChI=1S/C15H23N3O2/c1-4-17-7-9-18(10-8-17)15(19)16-13-11-12(2)5-6-14(13)20-3/h5-6,11H,4,7-10H2,1-3H3,(H,16,19). The van der Waals surface area contributed by atoms with Crippen molar-refractivity contribution in [2.75, 3.05) is 45.2 Å². The Bertz CT molecular complexity index is 468. The summed E-state index contributed by atoms with van der Waals surface area (Å²) in [6, 6.07) is 5.72. The number of rotatable bonds is 3. The lowest BCUT2D eigenvalue weighted by Gasteiger charge is -2.34. The molecule has 1 saturated heterocycles. The van der Waals surface area contributed by atoms with E-state index in [9.17, 15) is 4.79 Å². The number of carbonyl (C=O) groups excluding carboxylic acids is 1. The first-order valence-electron chi connectivity index (χ1n) is 7.07. The Balaban J connectivity index is 1.99. The number of urea groups is 1. The Morgan fingerprint density at radius 3 is 2.60 bits per heavy atom. The summed E-state index contributed by atoms with van der Waals surface area (Å²) in [5.74, 6) is 0.691. The molecule has 0 radical (unpaired) electrons. The van der Waals surface area contributed by atoms with E-state index >= 15 is 0 Å². The van der Waals surface area contributed by atoms with E-state index in [4.69, 9.17) is 4.74 Å². The largest absolute Gasteiger partial charge is 0.495 e. The summed E-state index contributed by atoms with van der Waals surface area (Å²) in [7, 11) is 1.61. The minimum atomic E-state index is -0.0512. The number of carbonyl (C=O) groups is 1. The summed E-state index contributed by atoms with van der Waals surface area (Å²) >= 11 is 0. The van der Waals surface area contributed by atoms with Gasteiger partial charge in [-0.25, -0.2) is 4.79 Å². The van der Waals surface area contributed by atoms with Gasteiger partial charge in [-0.2, -0.15) is 0 Å². The SMILES string of the molecule is CCN1CCN(C(=O)Nc2cc(C)ccc2OC)CC1. The van der Waals surface area contributed by atoms with Gasteiger partial charge in [-0.05, 0) is 31.2 Å². The normalized spacial score (nSPS) is 16.1. The number of methoxy groups -OCH3 is 1. The molecule has 0 aliphatic carbocycles. The predicted octanol–water partition coefficient (Wildman–Crippen LogP) is 2.17. The molecule has 1 fully saturated rings. The highest BCUT2D eigenvalue weighted by atomic mass is 16.5. The number of hydrogen-bond acceptors (Lipinski definition) is 3. The van der Waals surface area contributed by atoms with Crippen molar-refractivity contribution in [3.05, 3.63) is 23.8 Å². The Morgan fingerprint density at radius 2 is 2.00 bits per heavy atom. The van der Waals surface area contributed by atoms with Crippen LogP contribution in [0.15, 0.2) is 18.2 Å². The number of aryl methyl sites for hydroxylation is 1. The van der Waals surface area contributed by atoms with E-state index in [-0.39, 0.29) is 6.03 Å². The smallest absolute Gasteiger partial charge is 0.322 e. The molecule has 2 amide bonds. The van der Waals surface area contributed by atoms with Gasteiger partial charge >= 0.3 is 6.03 Å². The molecule has 1 aromatic carbocycles. The van der Waals surface area contributed by atoms with Gasteiger partial charge in [0.05, 0.1) is 12.8 Å². The monoisotopic (exact) mass is 277 g/mol. The van der Waals surface area contributed by atoms with Crippen LogP contribution in [0.4, 0.5) is 10.5 Å². The number of benzene rings is 1. The van der Waals surface area contributed by atoms with E-state index in [2.05, 4.69) is 17.1 Å². The van der Waals surface area contributed by atoms with Crippen molar-refractivity contribution in [3.63, 3.8) is 0 Å². The number of nitrogens with zero attached hydrogens (tertiary/aromatic N) is 2. The van der Waals surface area contributed by atoms with Gasteiger partial charge in [-0.15, -0.1) is 0 Å². The zero-order chi connectivity index (χ0) is 14.5. The maximum atomic E-state index is 12.3. The van der Waals surface area contributed by atoms with Crippen LogP contribution in [-0.4, -0.2) is 55.7 Å². The molecule has 1 heterocycles. The van der Waals surface area contributed by atoms with Crippen molar-refractivity contribution in [2.45, 2.75) is 13.8 Å². The van der Waals surface area contributed by atoms with Gasteiger partial charge in [0.2, 0.25) is 0 Å². The topological polar surface area (TPSA) is 44.8 Å². The maximum Gasteiger partial charge on any atom is 0.322 e. The fraction of sp³-hybridized carbons (Fsp3) is 0.533. The van der Waals surface area contributed by atoms with E-state index < -0.39 is 0 Å². The summed E-state index contributed by atoms with van der Waals surface area (Å²) in [4.78, 5) is 16.5. The van der Waals surface area contributed by atoms with Crippen LogP contribution in [0.5, 0.6) is 5.75 Å². The predicted molar refractivity (Wildman–Crippen MR) is 80.4 cm³/mol. The third-order valence-electron chi connectivity index (χ3n) is 3.70. The van der Waals surface area contributed by atoms with Gasteiger partial charge in [0, 0.05) is 26.2 Å². The Labute approximate surface area is 120 Å². The van der Waals surface area contributed by atoms with Crippen LogP contribution in [0.3, 0.4) is 0 Å². The molecule has 1 aliphatic heterocycles. The first-order chi connectivity index (χ1) is 9.63.